The Hall–Kier alpha value is -2.20. The van der Waals surface area contributed by atoms with Crippen molar-refractivity contribution in [2.24, 2.45) is 0 Å². The van der Waals surface area contributed by atoms with Gasteiger partial charge in [-0.15, -0.1) is 0 Å². The third-order valence-corrected chi connectivity index (χ3v) is 2.96. The molecule has 0 atom stereocenters. The van der Waals surface area contributed by atoms with Crippen LogP contribution in [0.2, 0.25) is 0 Å². The van der Waals surface area contributed by atoms with E-state index in [1.54, 1.807) is 18.2 Å². The van der Waals surface area contributed by atoms with Gasteiger partial charge >= 0.3 is 0 Å². The lowest BCUT2D eigenvalue weighted by molar-refractivity contribution is 0.317. The second kappa shape index (κ2) is 6.82. The molecule has 4 nitrogen and oxygen atoms in total. The molecule has 106 valence electrons. The molecule has 0 aliphatic heterocycles. The van der Waals surface area contributed by atoms with Crippen LogP contribution in [0.5, 0.6) is 17.2 Å². The summed E-state index contributed by atoms with van der Waals surface area (Å²) in [5.41, 5.74) is 1.87. The van der Waals surface area contributed by atoms with Crippen LogP contribution in [0.4, 0.5) is 0 Å². The fourth-order valence-electron chi connectivity index (χ4n) is 1.94. The summed E-state index contributed by atoms with van der Waals surface area (Å²) in [6.45, 7) is 3.61. The lowest BCUT2D eigenvalue weighted by Crippen LogP contribution is -2.12. The van der Waals surface area contributed by atoms with Crippen molar-refractivity contribution in [3.8, 4) is 17.2 Å². The number of aromatic hydroxyl groups is 2. The zero-order chi connectivity index (χ0) is 14.4. The van der Waals surface area contributed by atoms with Crippen molar-refractivity contribution in [3.05, 3.63) is 53.6 Å². The third kappa shape index (κ3) is 3.65. The SMILES string of the molecule is CCOc1cc(CNCc2ccccc2O)ccc1O. The average Bonchev–Trinajstić information content (AvgIpc) is 2.45. The first-order valence-electron chi connectivity index (χ1n) is 6.63. The summed E-state index contributed by atoms with van der Waals surface area (Å²) < 4.78 is 5.34. The summed E-state index contributed by atoms with van der Waals surface area (Å²) in [5.74, 6) is 0.936. The summed E-state index contributed by atoms with van der Waals surface area (Å²) in [7, 11) is 0. The number of benzene rings is 2. The number of para-hydroxylation sites is 1. The van der Waals surface area contributed by atoms with Crippen LogP contribution in [0.25, 0.3) is 0 Å². The van der Waals surface area contributed by atoms with Crippen LogP contribution in [-0.2, 0) is 13.1 Å². The maximum Gasteiger partial charge on any atom is 0.161 e. The summed E-state index contributed by atoms with van der Waals surface area (Å²) in [6, 6.07) is 12.5. The molecule has 0 aliphatic carbocycles. The third-order valence-electron chi connectivity index (χ3n) is 2.96. The standard InChI is InChI=1S/C16H19NO3/c1-2-20-16-9-12(7-8-15(16)19)10-17-11-13-5-3-4-6-14(13)18/h3-9,17-19H,2,10-11H2,1H3. The molecular weight excluding hydrogens is 254 g/mol. The van der Waals surface area contributed by atoms with Crippen LogP contribution >= 0.6 is 0 Å². The molecule has 0 saturated carbocycles. The highest BCUT2D eigenvalue weighted by atomic mass is 16.5. The van der Waals surface area contributed by atoms with Crippen molar-refractivity contribution >= 4 is 0 Å². The molecule has 2 aromatic carbocycles. The molecule has 0 saturated heterocycles. The van der Waals surface area contributed by atoms with Gasteiger partial charge in [0.05, 0.1) is 6.61 Å². The van der Waals surface area contributed by atoms with Gasteiger partial charge in [-0.05, 0) is 30.7 Å². The molecule has 3 N–H and O–H groups in total. The van der Waals surface area contributed by atoms with Crippen LogP contribution in [0.1, 0.15) is 18.1 Å². The van der Waals surface area contributed by atoms with Gasteiger partial charge in [0.15, 0.2) is 11.5 Å². The zero-order valence-corrected chi connectivity index (χ0v) is 11.5. The molecule has 0 radical (unpaired) electrons. The molecule has 0 aliphatic rings. The second-order valence-corrected chi connectivity index (χ2v) is 4.47. The molecule has 0 bridgehead atoms. The van der Waals surface area contributed by atoms with Gasteiger partial charge in [0.2, 0.25) is 0 Å². The van der Waals surface area contributed by atoms with Crippen molar-refractivity contribution in [3.63, 3.8) is 0 Å². The van der Waals surface area contributed by atoms with Gasteiger partial charge in [-0.2, -0.15) is 0 Å². The summed E-state index contributed by atoms with van der Waals surface area (Å²) in [5, 5.41) is 22.5. The van der Waals surface area contributed by atoms with E-state index in [0.717, 1.165) is 11.1 Å². The molecule has 2 rings (SSSR count). The number of nitrogens with one attached hydrogen (secondary N) is 1. The molecular formula is C16H19NO3. The number of hydrogen-bond donors (Lipinski definition) is 3. The molecule has 0 amide bonds. The van der Waals surface area contributed by atoms with Crippen LogP contribution < -0.4 is 10.1 Å². The van der Waals surface area contributed by atoms with E-state index < -0.39 is 0 Å². The summed E-state index contributed by atoms with van der Waals surface area (Å²) >= 11 is 0. The Kier molecular flexibility index (Phi) is 4.85. The van der Waals surface area contributed by atoms with E-state index in [9.17, 15) is 10.2 Å². The van der Waals surface area contributed by atoms with E-state index in [1.165, 1.54) is 0 Å². The van der Waals surface area contributed by atoms with E-state index >= 15 is 0 Å². The molecule has 0 unspecified atom stereocenters. The molecule has 0 heterocycles. The minimum atomic E-state index is 0.149. The fraction of sp³-hybridized carbons (Fsp3) is 0.250. The van der Waals surface area contributed by atoms with Gasteiger partial charge < -0.3 is 20.3 Å². The monoisotopic (exact) mass is 273 g/mol. The first-order chi connectivity index (χ1) is 9.70. The quantitative estimate of drug-likeness (QED) is 0.757. The Morgan fingerprint density at radius 1 is 1.00 bits per heavy atom. The molecule has 0 fully saturated rings. The van der Waals surface area contributed by atoms with Gasteiger partial charge in [0.1, 0.15) is 5.75 Å². The highest BCUT2D eigenvalue weighted by Gasteiger charge is 2.04. The van der Waals surface area contributed by atoms with Gasteiger partial charge in [0, 0.05) is 18.7 Å². The van der Waals surface area contributed by atoms with Crippen LogP contribution in [0.15, 0.2) is 42.5 Å². The highest BCUT2D eigenvalue weighted by Crippen LogP contribution is 2.26. The number of rotatable bonds is 6. The normalized spacial score (nSPS) is 10.4. The smallest absolute Gasteiger partial charge is 0.161 e. The summed E-state index contributed by atoms with van der Waals surface area (Å²) in [6.07, 6.45) is 0. The lowest BCUT2D eigenvalue weighted by atomic mass is 10.1. The lowest BCUT2D eigenvalue weighted by Gasteiger charge is -2.10. The van der Waals surface area contributed by atoms with Gasteiger partial charge in [-0.1, -0.05) is 24.3 Å². The van der Waals surface area contributed by atoms with Crippen LogP contribution in [0, 0.1) is 0 Å². The van der Waals surface area contributed by atoms with E-state index in [1.807, 2.05) is 31.2 Å². The maximum absolute atomic E-state index is 9.67. The van der Waals surface area contributed by atoms with Gasteiger partial charge in [-0.3, -0.25) is 0 Å². The van der Waals surface area contributed by atoms with Gasteiger partial charge in [-0.25, -0.2) is 0 Å². The Bertz CT molecular complexity index is 569. The number of hydrogen-bond acceptors (Lipinski definition) is 4. The van der Waals surface area contributed by atoms with Crippen molar-refractivity contribution < 1.29 is 14.9 Å². The van der Waals surface area contributed by atoms with Crippen molar-refractivity contribution in [2.75, 3.05) is 6.61 Å². The van der Waals surface area contributed by atoms with Crippen LogP contribution in [-0.4, -0.2) is 16.8 Å². The van der Waals surface area contributed by atoms with E-state index in [2.05, 4.69) is 5.32 Å². The fourth-order valence-corrected chi connectivity index (χ4v) is 1.94. The second-order valence-electron chi connectivity index (χ2n) is 4.47. The van der Waals surface area contributed by atoms with E-state index in [0.29, 0.717) is 31.2 Å². The minimum absolute atomic E-state index is 0.149. The highest BCUT2D eigenvalue weighted by molar-refractivity contribution is 5.41. The van der Waals surface area contributed by atoms with E-state index in [4.69, 9.17) is 4.74 Å². The zero-order valence-electron chi connectivity index (χ0n) is 11.5. The maximum atomic E-state index is 9.67. The molecule has 20 heavy (non-hydrogen) atoms. The predicted octanol–water partition coefficient (Wildman–Crippen LogP) is 2.79. The first kappa shape index (κ1) is 14.2. The van der Waals surface area contributed by atoms with Crippen molar-refractivity contribution in [1.29, 1.82) is 0 Å². The molecule has 0 aromatic heterocycles. The minimum Gasteiger partial charge on any atom is -0.508 e. The predicted molar refractivity (Wildman–Crippen MR) is 77.9 cm³/mol. The van der Waals surface area contributed by atoms with Crippen LogP contribution in [0.3, 0.4) is 0 Å². The largest absolute Gasteiger partial charge is 0.508 e. The Balaban J connectivity index is 1.94. The Morgan fingerprint density at radius 3 is 2.55 bits per heavy atom. The van der Waals surface area contributed by atoms with E-state index in [-0.39, 0.29) is 5.75 Å². The number of ether oxygens (including phenoxy) is 1. The van der Waals surface area contributed by atoms with Crippen molar-refractivity contribution in [1.82, 2.24) is 5.32 Å². The van der Waals surface area contributed by atoms with Gasteiger partial charge in [0.25, 0.3) is 0 Å². The molecule has 0 spiro atoms. The average molecular weight is 273 g/mol. The number of phenols is 2. The van der Waals surface area contributed by atoms with Crippen molar-refractivity contribution in [2.45, 2.75) is 20.0 Å². The first-order valence-corrected chi connectivity index (χ1v) is 6.63. The topological polar surface area (TPSA) is 61.7 Å². The Morgan fingerprint density at radius 2 is 1.80 bits per heavy atom. The molecule has 4 heteroatoms. The molecule has 2 aromatic rings. The number of phenolic OH excluding ortho intramolecular Hbond substituents is 2. The summed E-state index contributed by atoms with van der Waals surface area (Å²) in [4.78, 5) is 0. The Labute approximate surface area is 118 Å².